The molecular formula is C15H17F2NO4. The summed E-state index contributed by atoms with van der Waals surface area (Å²) in [7, 11) is 1.48. The summed E-state index contributed by atoms with van der Waals surface area (Å²) in [6, 6.07) is 5.24. The first-order chi connectivity index (χ1) is 10.4. The van der Waals surface area contributed by atoms with Gasteiger partial charge in [0.25, 0.3) is 5.91 Å². The van der Waals surface area contributed by atoms with Gasteiger partial charge in [0.05, 0.1) is 26.2 Å². The number of rotatable bonds is 5. The van der Waals surface area contributed by atoms with E-state index < -0.39 is 30.3 Å². The van der Waals surface area contributed by atoms with Crippen molar-refractivity contribution in [3.05, 3.63) is 24.3 Å². The first kappa shape index (κ1) is 16.2. The Morgan fingerprint density at radius 1 is 1.36 bits per heavy atom. The molecule has 0 saturated carbocycles. The third-order valence-corrected chi connectivity index (χ3v) is 3.45. The lowest BCUT2D eigenvalue weighted by Gasteiger charge is -2.23. The van der Waals surface area contributed by atoms with E-state index in [1.807, 2.05) is 0 Å². The maximum absolute atomic E-state index is 13.7. The predicted molar refractivity (Wildman–Crippen MR) is 75.1 cm³/mol. The van der Waals surface area contributed by atoms with Crippen molar-refractivity contribution in [1.82, 2.24) is 0 Å². The van der Waals surface area contributed by atoms with Crippen LogP contribution in [0.1, 0.15) is 19.8 Å². The Morgan fingerprint density at radius 3 is 2.55 bits per heavy atom. The lowest BCUT2D eigenvalue weighted by Crippen LogP contribution is -2.37. The van der Waals surface area contributed by atoms with Crippen molar-refractivity contribution in [3.63, 3.8) is 0 Å². The van der Waals surface area contributed by atoms with Crippen molar-refractivity contribution in [3.8, 4) is 5.75 Å². The zero-order valence-corrected chi connectivity index (χ0v) is 12.3. The van der Waals surface area contributed by atoms with Gasteiger partial charge in [-0.2, -0.15) is 8.78 Å². The molecule has 120 valence electrons. The van der Waals surface area contributed by atoms with Crippen LogP contribution in [-0.2, 0) is 14.3 Å². The molecule has 0 spiro atoms. The topological polar surface area (TPSA) is 55.8 Å². The zero-order chi connectivity index (χ0) is 16.3. The summed E-state index contributed by atoms with van der Waals surface area (Å²) in [4.78, 5) is 24.5. The van der Waals surface area contributed by atoms with Gasteiger partial charge in [0.1, 0.15) is 5.75 Å². The van der Waals surface area contributed by atoms with Crippen molar-refractivity contribution in [2.75, 3.05) is 18.6 Å². The molecule has 1 aliphatic heterocycles. The summed E-state index contributed by atoms with van der Waals surface area (Å²) in [5, 5.41) is 0. The lowest BCUT2D eigenvalue weighted by molar-refractivity contribution is -0.143. The number of anilines is 1. The molecule has 1 amide bonds. The number of amides is 1. The van der Waals surface area contributed by atoms with Gasteiger partial charge < -0.3 is 14.4 Å². The smallest absolute Gasteiger partial charge is 0.327 e. The number of carbonyl (C=O) groups excluding carboxylic acids is 2. The summed E-state index contributed by atoms with van der Waals surface area (Å²) in [6.07, 6.45) is -0.960. The molecule has 22 heavy (non-hydrogen) atoms. The fourth-order valence-electron chi connectivity index (χ4n) is 2.46. The second kappa shape index (κ2) is 6.29. The Bertz CT molecular complexity index is 559. The minimum absolute atomic E-state index is 0.165. The number of nitrogens with zero attached hydrogens (tertiary/aromatic N) is 1. The average molecular weight is 313 g/mol. The van der Waals surface area contributed by atoms with Crippen LogP contribution in [0, 0.1) is 0 Å². The first-order valence-corrected chi connectivity index (χ1v) is 6.90. The van der Waals surface area contributed by atoms with Gasteiger partial charge in [0.15, 0.2) is 0 Å². The van der Waals surface area contributed by atoms with Gasteiger partial charge in [-0.15, -0.1) is 0 Å². The van der Waals surface area contributed by atoms with E-state index >= 15 is 0 Å². The summed E-state index contributed by atoms with van der Waals surface area (Å²) in [5.41, 5.74) is 0.303. The average Bonchev–Trinajstić information content (AvgIpc) is 2.69. The minimum Gasteiger partial charge on any atom is -0.497 e. The second-order valence-corrected chi connectivity index (χ2v) is 4.94. The molecule has 1 unspecified atom stereocenters. The highest BCUT2D eigenvalue weighted by atomic mass is 19.3. The van der Waals surface area contributed by atoms with Gasteiger partial charge in [0, 0.05) is 12.1 Å². The van der Waals surface area contributed by atoms with Crippen LogP contribution in [0.4, 0.5) is 14.5 Å². The van der Waals surface area contributed by atoms with Gasteiger partial charge >= 0.3 is 11.9 Å². The Labute approximate surface area is 126 Å². The number of ether oxygens (including phenoxy) is 2. The fourth-order valence-corrected chi connectivity index (χ4v) is 2.46. The van der Waals surface area contributed by atoms with Crippen molar-refractivity contribution in [1.29, 1.82) is 0 Å². The van der Waals surface area contributed by atoms with E-state index in [1.165, 1.54) is 19.2 Å². The van der Waals surface area contributed by atoms with Gasteiger partial charge in [-0.1, -0.05) is 0 Å². The number of methoxy groups -OCH3 is 1. The maximum atomic E-state index is 13.7. The zero-order valence-electron chi connectivity index (χ0n) is 12.3. The molecule has 1 aromatic carbocycles. The molecule has 1 aliphatic rings. The molecule has 1 atom stereocenters. The van der Waals surface area contributed by atoms with Gasteiger partial charge in [-0.05, 0) is 31.2 Å². The third kappa shape index (κ3) is 3.18. The highest BCUT2D eigenvalue weighted by Crippen LogP contribution is 2.38. The molecule has 1 heterocycles. The van der Waals surface area contributed by atoms with Crippen LogP contribution < -0.4 is 9.64 Å². The number of carbonyl (C=O) groups is 2. The van der Waals surface area contributed by atoms with Crippen LogP contribution in [0.3, 0.4) is 0 Å². The van der Waals surface area contributed by atoms with Crippen LogP contribution in [0.25, 0.3) is 0 Å². The highest BCUT2D eigenvalue weighted by Gasteiger charge is 2.54. The molecule has 1 fully saturated rings. The number of hydrogen-bond donors (Lipinski definition) is 0. The molecule has 0 aliphatic carbocycles. The normalized spacial score (nSPS) is 20.1. The number of alkyl halides is 2. The molecular weight excluding hydrogens is 296 g/mol. The number of benzene rings is 1. The van der Waals surface area contributed by atoms with Crippen LogP contribution in [0.15, 0.2) is 24.3 Å². The molecule has 2 rings (SSSR count). The molecule has 0 bridgehead atoms. The van der Waals surface area contributed by atoms with E-state index in [0.29, 0.717) is 11.4 Å². The van der Waals surface area contributed by atoms with E-state index in [-0.39, 0.29) is 13.0 Å². The van der Waals surface area contributed by atoms with Crippen LogP contribution >= 0.6 is 0 Å². The van der Waals surface area contributed by atoms with Crippen molar-refractivity contribution in [2.45, 2.75) is 31.7 Å². The standard InChI is InChI=1S/C15H17F2NO4/c1-3-22-13(19)8-11-9-15(16,17)14(20)18(11)10-4-6-12(21-2)7-5-10/h4-7,11H,3,8-9H2,1-2H3. The minimum atomic E-state index is -3.48. The van der Waals surface area contributed by atoms with Gasteiger partial charge in [-0.3, -0.25) is 9.59 Å². The van der Waals surface area contributed by atoms with Crippen molar-refractivity contribution < 1.29 is 27.8 Å². The largest absolute Gasteiger partial charge is 0.497 e. The summed E-state index contributed by atoms with van der Waals surface area (Å²) >= 11 is 0. The monoisotopic (exact) mass is 313 g/mol. The van der Waals surface area contributed by atoms with E-state index in [1.54, 1.807) is 19.1 Å². The summed E-state index contributed by atoms with van der Waals surface area (Å²) in [6.45, 7) is 1.80. The highest BCUT2D eigenvalue weighted by molar-refractivity contribution is 6.02. The molecule has 0 aromatic heterocycles. The number of esters is 1. The van der Waals surface area contributed by atoms with E-state index in [0.717, 1.165) is 4.90 Å². The molecule has 0 radical (unpaired) electrons. The summed E-state index contributed by atoms with van der Waals surface area (Å²) < 4.78 is 37.3. The Balaban J connectivity index is 2.26. The SMILES string of the molecule is CCOC(=O)CC1CC(F)(F)C(=O)N1c1ccc(OC)cc1. The molecule has 5 nitrogen and oxygen atoms in total. The lowest BCUT2D eigenvalue weighted by atomic mass is 10.1. The van der Waals surface area contributed by atoms with E-state index in [4.69, 9.17) is 9.47 Å². The van der Waals surface area contributed by atoms with Crippen molar-refractivity contribution >= 4 is 17.6 Å². The van der Waals surface area contributed by atoms with E-state index in [2.05, 4.69) is 0 Å². The fraction of sp³-hybridized carbons (Fsp3) is 0.467. The predicted octanol–water partition coefficient (Wildman–Crippen LogP) is 2.39. The Hall–Kier alpha value is -2.18. The van der Waals surface area contributed by atoms with Crippen LogP contribution in [0.2, 0.25) is 0 Å². The van der Waals surface area contributed by atoms with Gasteiger partial charge in [-0.25, -0.2) is 0 Å². The van der Waals surface area contributed by atoms with Crippen molar-refractivity contribution in [2.24, 2.45) is 0 Å². The van der Waals surface area contributed by atoms with Gasteiger partial charge in [0.2, 0.25) is 0 Å². The molecule has 1 saturated heterocycles. The number of halogens is 2. The van der Waals surface area contributed by atoms with Crippen LogP contribution in [0.5, 0.6) is 5.75 Å². The second-order valence-electron chi connectivity index (χ2n) is 4.94. The molecule has 7 heteroatoms. The number of hydrogen-bond acceptors (Lipinski definition) is 4. The first-order valence-electron chi connectivity index (χ1n) is 6.90. The molecule has 1 aromatic rings. The van der Waals surface area contributed by atoms with Crippen LogP contribution in [-0.4, -0.2) is 37.6 Å². The Kier molecular flexibility index (Phi) is 4.63. The summed E-state index contributed by atoms with van der Waals surface area (Å²) in [5.74, 6) is -4.83. The molecule has 0 N–H and O–H groups in total. The maximum Gasteiger partial charge on any atom is 0.327 e. The Morgan fingerprint density at radius 2 is 2.00 bits per heavy atom. The third-order valence-electron chi connectivity index (χ3n) is 3.45. The quantitative estimate of drug-likeness (QED) is 0.783. The van der Waals surface area contributed by atoms with E-state index in [9.17, 15) is 18.4 Å².